The van der Waals surface area contributed by atoms with E-state index < -0.39 is 0 Å². The number of benzene rings is 1. The first-order valence-corrected chi connectivity index (χ1v) is 6.83. The van der Waals surface area contributed by atoms with Crippen molar-refractivity contribution in [3.63, 3.8) is 0 Å². The minimum Gasteiger partial charge on any atom is -0.508 e. The Labute approximate surface area is 111 Å². The molecule has 4 nitrogen and oxygen atoms in total. The molecule has 1 heterocycles. The Hall–Kier alpha value is -1.84. The standard InChI is InChI=1S/C15H15NO3/c17-11-5-3-10(4-6-11)16-14(18)12-8-1-2-9(7-8)13(12)15(16)19/h3-6,8-9,12-13,17H,1-2,7H2/t8-,9+,12+,13-. The summed E-state index contributed by atoms with van der Waals surface area (Å²) in [4.78, 5) is 26.4. The second kappa shape index (κ2) is 3.59. The van der Waals surface area contributed by atoms with Crippen molar-refractivity contribution in [2.24, 2.45) is 23.7 Å². The maximum atomic E-state index is 12.5. The van der Waals surface area contributed by atoms with Crippen molar-refractivity contribution in [1.29, 1.82) is 0 Å². The molecule has 4 heteroatoms. The second-order valence-corrected chi connectivity index (χ2v) is 5.91. The molecule has 3 fully saturated rings. The van der Waals surface area contributed by atoms with Crippen molar-refractivity contribution in [3.05, 3.63) is 24.3 Å². The average Bonchev–Trinajstić information content (AvgIpc) is 3.06. The number of fused-ring (bicyclic) bond motifs is 5. The minimum atomic E-state index is -0.0833. The number of hydrogen-bond donors (Lipinski definition) is 1. The molecular formula is C15H15NO3. The van der Waals surface area contributed by atoms with Crippen molar-refractivity contribution in [1.82, 2.24) is 0 Å². The molecule has 1 aromatic carbocycles. The number of amides is 2. The van der Waals surface area contributed by atoms with Gasteiger partial charge in [-0.25, -0.2) is 0 Å². The first-order valence-electron chi connectivity index (χ1n) is 6.83. The zero-order chi connectivity index (χ0) is 13.1. The van der Waals surface area contributed by atoms with E-state index in [-0.39, 0.29) is 29.4 Å². The quantitative estimate of drug-likeness (QED) is 0.782. The smallest absolute Gasteiger partial charge is 0.237 e. The number of hydrogen-bond acceptors (Lipinski definition) is 3. The number of aromatic hydroxyl groups is 1. The summed E-state index contributed by atoms with van der Waals surface area (Å²) < 4.78 is 0. The highest BCUT2D eigenvalue weighted by Gasteiger charge is 2.61. The van der Waals surface area contributed by atoms with E-state index in [0.717, 1.165) is 19.3 Å². The number of phenolic OH excluding ortho intramolecular Hbond substituents is 1. The number of anilines is 1. The third kappa shape index (κ3) is 1.34. The number of carbonyl (C=O) groups is 2. The third-order valence-corrected chi connectivity index (χ3v) is 5.04. The lowest BCUT2D eigenvalue weighted by Gasteiger charge is -2.19. The normalized spacial score (nSPS) is 36.1. The summed E-state index contributed by atoms with van der Waals surface area (Å²) in [6.45, 7) is 0. The number of nitrogens with zero attached hydrogens (tertiary/aromatic N) is 1. The average molecular weight is 257 g/mol. The minimum absolute atomic E-state index is 0.0344. The molecule has 1 aromatic rings. The fourth-order valence-electron chi connectivity index (χ4n) is 4.26. The van der Waals surface area contributed by atoms with Crippen LogP contribution in [-0.2, 0) is 9.59 Å². The molecule has 4 atom stereocenters. The molecule has 2 bridgehead atoms. The van der Waals surface area contributed by atoms with Gasteiger partial charge in [0.15, 0.2) is 0 Å². The molecular weight excluding hydrogens is 242 g/mol. The lowest BCUT2D eigenvalue weighted by Crippen LogP contribution is -2.32. The molecule has 2 aliphatic carbocycles. The molecule has 0 unspecified atom stereocenters. The van der Waals surface area contributed by atoms with Crippen LogP contribution in [0, 0.1) is 23.7 Å². The maximum Gasteiger partial charge on any atom is 0.237 e. The number of carbonyl (C=O) groups excluding carboxylic acids is 2. The van der Waals surface area contributed by atoms with Gasteiger partial charge in [-0.15, -0.1) is 0 Å². The van der Waals surface area contributed by atoms with E-state index in [2.05, 4.69) is 0 Å². The second-order valence-electron chi connectivity index (χ2n) is 5.91. The topological polar surface area (TPSA) is 57.6 Å². The molecule has 1 aliphatic heterocycles. The Bertz CT molecular complexity index is 537. The fourth-order valence-corrected chi connectivity index (χ4v) is 4.26. The van der Waals surface area contributed by atoms with Crippen molar-refractivity contribution in [3.8, 4) is 5.75 Å². The Morgan fingerprint density at radius 2 is 1.47 bits per heavy atom. The molecule has 1 N–H and O–H groups in total. The van der Waals surface area contributed by atoms with Crippen LogP contribution in [0.3, 0.4) is 0 Å². The van der Waals surface area contributed by atoms with Crippen LogP contribution < -0.4 is 4.90 Å². The molecule has 4 rings (SSSR count). The Morgan fingerprint density at radius 3 is 2.00 bits per heavy atom. The molecule has 0 aromatic heterocycles. The Balaban J connectivity index is 1.73. The summed E-state index contributed by atoms with van der Waals surface area (Å²) in [5.41, 5.74) is 0.585. The molecule has 2 saturated carbocycles. The van der Waals surface area contributed by atoms with Gasteiger partial charge in [-0.1, -0.05) is 0 Å². The first kappa shape index (κ1) is 11.0. The Kier molecular flexibility index (Phi) is 2.08. The molecule has 98 valence electrons. The van der Waals surface area contributed by atoms with Gasteiger partial charge >= 0.3 is 0 Å². The van der Waals surface area contributed by atoms with Crippen LogP contribution in [0.5, 0.6) is 5.75 Å². The van der Waals surface area contributed by atoms with E-state index in [1.807, 2.05) is 0 Å². The summed E-state index contributed by atoms with van der Waals surface area (Å²) in [6, 6.07) is 6.29. The Morgan fingerprint density at radius 1 is 0.947 bits per heavy atom. The molecule has 3 aliphatic rings. The lowest BCUT2D eigenvalue weighted by molar-refractivity contribution is -0.123. The molecule has 1 saturated heterocycles. The third-order valence-electron chi connectivity index (χ3n) is 5.04. The summed E-state index contributed by atoms with van der Waals surface area (Å²) >= 11 is 0. The predicted molar refractivity (Wildman–Crippen MR) is 68.4 cm³/mol. The highest BCUT2D eigenvalue weighted by Crippen LogP contribution is 2.56. The van der Waals surface area contributed by atoms with Gasteiger partial charge in [0, 0.05) is 0 Å². The van der Waals surface area contributed by atoms with Gasteiger partial charge in [-0.3, -0.25) is 14.5 Å². The van der Waals surface area contributed by atoms with Gasteiger partial charge < -0.3 is 5.11 Å². The van der Waals surface area contributed by atoms with Gasteiger partial charge in [-0.05, 0) is 55.4 Å². The van der Waals surface area contributed by atoms with E-state index in [1.165, 1.54) is 17.0 Å². The summed E-state index contributed by atoms with van der Waals surface area (Å²) in [7, 11) is 0. The number of imide groups is 1. The number of phenols is 1. The van der Waals surface area contributed by atoms with Gasteiger partial charge in [0.1, 0.15) is 5.75 Å². The monoisotopic (exact) mass is 257 g/mol. The first-order chi connectivity index (χ1) is 9.16. The maximum absolute atomic E-state index is 12.5. The van der Waals surface area contributed by atoms with Crippen LogP contribution in [0.2, 0.25) is 0 Å². The van der Waals surface area contributed by atoms with Gasteiger partial charge in [-0.2, -0.15) is 0 Å². The summed E-state index contributed by atoms with van der Waals surface area (Å²) in [5.74, 6) is 0.728. The summed E-state index contributed by atoms with van der Waals surface area (Å²) in [5, 5.41) is 9.30. The molecule has 19 heavy (non-hydrogen) atoms. The van der Waals surface area contributed by atoms with Gasteiger partial charge in [0.25, 0.3) is 0 Å². The van der Waals surface area contributed by atoms with Crippen LogP contribution in [0.25, 0.3) is 0 Å². The summed E-state index contributed by atoms with van der Waals surface area (Å²) in [6.07, 6.45) is 3.23. The van der Waals surface area contributed by atoms with Crippen molar-refractivity contribution < 1.29 is 14.7 Å². The van der Waals surface area contributed by atoms with Crippen LogP contribution in [-0.4, -0.2) is 16.9 Å². The van der Waals surface area contributed by atoms with E-state index in [4.69, 9.17) is 0 Å². The SMILES string of the molecule is O=C1[C@@H]2[C@H]3CC[C@H](C3)[C@@H]2C(=O)N1c1ccc(O)cc1. The van der Waals surface area contributed by atoms with Crippen molar-refractivity contribution >= 4 is 17.5 Å². The molecule has 0 radical (unpaired) electrons. The predicted octanol–water partition coefficient (Wildman–Crippen LogP) is 1.93. The number of rotatable bonds is 1. The van der Waals surface area contributed by atoms with E-state index in [9.17, 15) is 14.7 Å². The van der Waals surface area contributed by atoms with Crippen LogP contribution in [0.15, 0.2) is 24.3 Å². The largest absolute Gasteiger partial charge is 0.508 e. The van der Waals surface area contributed by atoms with Crippen molar-refractivity contribution in [2.75, 3.05) is 4.90 Å². The van der Waals surface area contributed by atoms with Crippen molar-refractivity contribution in [2.45, 2.75) is 19.3 Å². The van der Waals surface area contributed by atoms with E-state index in [1.54, 1.807) is 12.1 Å². The molecule has 0 spiro atoms. The zero-order valence-electron chi connectivity index (χ0n) is 10.5. The van der Waals surface area contributed by atoms with Crippen LogP contribution in [0.1, 0.15) is 19.3 Å². The van der Waals surface area contributed by atoms with E-state index in [0.29, 0.717) is 17.5 Å². The van der Waals surface area contributed by atoms with Gasteiger partial charge in [0.2, 0.25) is 11.8 Å². The zero-order valence-corrected chi connectivity index (χ0v) is 10.5. The van der Waals surface area contributed by atoms with Gasteiger partial charge in [0.05, 0.1) is 17.5 Å². The van der Waals surface area contributed by atoms with Crippen LogP contribution in [0.4, 0.5) is 5.69 Å². The lowest BCUT2D eigenvalue weighted by atomic mass is 9.81. The fraction of sp³-hybridized carbons (Fsp3) is 0.467. The highest BCUT2D eigenvalue weighted by atomic mass is 16.3. The van der Waals surface area contributed by atoms with Crippen LogP contribution >= 0.6 is 0 Å². The highest BCUT2D eigenvalue weighted by molar-refractivity contribution is 6.22. The van der Waals surface area contributed by atoms with E-state index >= 15 is 0 Å². The molecule has 2 amide bonds.